The fraction of sp³-hybridized carbons (Fsp3) is 0.733. The Morgan fingerprint density at radius 2 is 2.10 bits per heavy atom. The molecule has 0 saturated heterocycles. The van der Waals surface area contributed by atoms with Gasteiger partial charge in [-0.25, -0.2) is 4.39 Å². The third-order valence-corrected chi connectivity index (χ3v) is 5.70. The Labute approximate surface area is 130 Å². The molecule has 1 spiro atoms. The van der Waals surface area contributed by atoms with Gasteiger partial charge < -0.3 is 9.26 Å². The number of alkyl halides is 1. The van der Waals surface area contributed by atoms with E-state index in [1.54, 1.807) is 0 Å². The van der Waals surface area contributed by atoms with E-state index in [0.29, 0.717) is 23.4 Å². The molecule has 3 saturated carbocycles. The Kier molecular flexibility index (Phi) is 3.14. The molecule has 0 N–H and O–H groups in total. The van der Waals surface area contributed by atoms with Gasteiger partial charge in [0.1, 0.15) is 18.5 Å². The zero-order valence-electron chi connectivity index (χ0n) is 11.6. The molecule has 0 amide bonds. The van der Waals surface area contributed by atoms with Crippen molar-refractivity contribution in [3.05, 3.63) is 15.9 Å². The minimum absolute atomic E-state index is 0.0551. The molecule has 0 aromatic carbocycles. The number of rotatable bonds is 4. The lowest BCUT2D eigenvalue weighted by Gasteiger charge is -2.54. The molecule has 4 nitrogen and oxygen atoms in total. The third-order valence-electron chi connectivity index (χ3n) is 5.08. The average molecular weight is 358 g/mol. The summed E-state index contributed by atoms with van der Waals surface area (Å²) >= 11 is 3.34. The van der Waals surface area contributed by atoms with Crippen LogP contribution >= 0.6 is 15.9 Å². The molecule has 4 rings (SSSR count). The minimum Gasteiger partial charge on any atom is -0.460 e. The van der Waals surface area contributed by atoms with Gasteiger partial charge in [0.15, 0.2) is 4.60 Å². The lowest BCUT2D eigenvalue weighted by Crippen LogP contribution is -2.50. The van der Waals surface area contributed by atoms with Crippen molar-refractivity contribution in [2.24, 2.45) is 11.3 Å². The summed E-state index contributed by atoms with van der Waals surface area (Å²) in [5, 5.41) is 3.90. The van der Waals surface area contributed by atoms with Crippen LogP contribution < -0.4 is 0 Å². The summed E-state index contributed by atoms with van der Waals surface area (Å²) in [4.78, 5) is 12.1. The summed E-state index contributed by atoms with van der Waals surface area (Å²) in [6, 6.07) is 0. The highest BCUT2D eigenvalue weighted by atomic mass is 79.9. The molecule has 114 valence electrons. The Morgan fingerprint density at radius 1 is 1.38 bits per heavy atom. The van der Waals surface area contributed by atoms with Crippen LogP contribution in [-0.2, 0) is 16.1 Å². The predicted octanol–water partition coefficient (Wildman–Crippen LogP) is 3.89. The first kappa shape index (κ1) is 13.7. The lowest BCUT2D eigenvalue weighted by atomic mass is 9.51. The Balaban J connectivity index is 1.31. The molecule has 1 aromatic heterocycles. The van der Waals surface area contributed by atoms with Crippen molar-refractivity contribution in [1.82, 2.24) is 5.16 Å². The summed E-state index contributed by atoms with van der Waals surface area (Å²) < 4.78 is 24.3. The van der Waals surface area contributed by atoms with Crippen molar-refractivity contribution < 1.29 is 18.4 Å². The zero-order valence-corrected chi connectivity index (χ0v) is 13.2. The van der Waals surface area contributed by atoms with E-state index in [9.17, 15) is 9.18 Å². The van der Waals surface area contributed by atoms with Crippen LogP contribution in [0.2, 0.25) is 0 Å². The standard InChI is InChI=1S/C15H17BrFNO3/c16-13-11(12(21-18-13)8-1-2-8)7-20-14(19)9-3-15(4-9)5-10(17)6-15/h8-10H,1-7H2. The van der Waals surface area contributed by atoms with E-state index in [1.807, 2.05) is 0 Å². The molecule has 0 bridgehead atoms. The summed E-state index contributed by atoms with van der Waals surface area (Å²) in [5.41, 5.74) is 0.965. The van der Waals surface area contributed by atoms with Crippen LogP contribution in [-0.4, -0.2) is 17.3 Å². The van der Waals surface area contributed by atoms with Crippen LogP contribution in [0.1, 0.15) is 55.8 Å². The highest BCUT2D eigenvalue weighted by Crippen LogP contribution is 2.59. The van der Waals surface area contributed by atoms with Crippen molar-refractivity contribution in [3.8, 4) is 0 Å². The van der Waals surface area contributed by atoms with Gasteiger partial charge in [0.2, 0.25) is 0 Å². The zero-order chi connectivity index (χ0) is 14.6. The van der Waals surface area contributed by atoms with E-state index >= 15 is 0 Å². The van der Waals surface area contributed by atoms with Crippen LogP contribution in [0.15, 0.2) is 9.13 Å². The highest BCUT2D eigenvalue weighted by Gasteiger charge is 2.55. The molecule has 0 atom stereocenters. The van der Waals surface area contributed by atoms with Gasteiger partial charge in [-0.05, 0) is 59.9 Å². The molecule has 6 heteroatoms. The van der Waals surface area contributed by atoms with Gasteiger partial charge >= 0.3 is 5.97 Å². The largest absolute Gasteiger partial charge is 0.460 e. The summed E-state index contributed by atoms with van der Waals surface area (Å²) in [6.07, 6.45) is 4.38. The van der Waals surface area contributed by atoms with Gasteiger partial charge in [0, 0.05) is 5.92 Å². The second kappa shape index (κ2) is 4.80. The Hall–Kier alpha value is -0.910. The highest BCUT2D eigenvalue weighted by molar-refractivity contribution is 9.10. The first-order valence-corrected chi connectivity index (χ1v) is 8.30. The molecule has 3 aliphatic rings. The first-order valence-electron chi connectivity index (χ1n) is 7.51. The van der Waals surface area contributed by atoms with Crippen LogP contribution in [0.4, 0.5) is 4.39 Å². The Morgan fingerprint density at radius 3 is 2.71 bits per heavy atom. The molecule has 3 fully saturated rings. The van der Waals surface area contributed by atoms with Gasteiger partial charge in [0.25, 0.3) is 0 Å². The Bertz CT molecular complexity index is 569. The molecular weight excluding hydrogens is 341 g/mol. The maximum absolute atomic E-state index is 12.9. The SMILES string of the molecule is O=C(OCc1c(Br)noc1C1CC1)C1CC2(CC(F)C2)C1. The van der Waals surface area contributed by atoms with E-state index in [-0.39, 0.29) is 23.9 Å². The lowest BCUT2D eigenvalue weighted by molar-refractivity contribution is -0.166. The van der Waals surface area contributed by atoms with Crippen LogP contribution in [0, 0.1) is 11.3 Å². The number of ether oxygens (including phenoxy) is 1. The second-order valence-electron chi connectivity index (χ2n) is 6.81. The smallest absolute Gasteiger partial charge is 0.309 e. The normalized spacial score (nSPS) is 34.4. The van der Waals surface area contributed by atoms with Gasteiger partial charge in [-0.15, -0.1) is 0 Å². The van der Waals surface area contributed by atoms with E-state index in [0.717, 1.165) is 37.0 Å². The summed E-state index contributed by atoms with van der Waals surface area (Å²) in [7, 11) is 0. The number of carbonyl (C=O) groups is 1. The second-order valence-corrected chi connectivity index (χ2v) is 7.56. The minimum atomic E-state index is -0.656. The van der Waals surface area contributed by atoms with Gasteiger partial charge in [0.05, 0.1) is 11.5 Å². The maximum atomic E-state index is 12.9. The third kappa shape index (κ3) is 2.41. The van der Waals surface area contributed by atoms with E-state index in [4.69, 9.17) is 9.26 Å². The number of hydrogen-bond acceptors (Lipinski definition) is 4. The van der Waals surface area contributed by atoms with Crippen molar-refractivity contribution in [2.75, 3.05) is 0 Å². The van der Waals surface area contributed by atoms with Gasteiger partial charge in [-0.2, -0.15) is 0 Å². The molecule has 3 aliphatic carbocycles. The topological polar surface area (TPSA) is 52.3 Å². The molecule has 1 heterocycles. The van der Waals surface area contributed by atoms with Crippen molar-refractivity contribution in [2.45, 2.75) is 57.2 Å². The molecule has 0 radical (unpaired) electrons. The number of nitrogens with zero attached hydrogens (tertiary/aromatic N) is 1. The van der Waals surface area contributed by atoms with Gasteiger partial charge in [-0.3, -0.25) is 4.79 Å². The molecule has 1 aromatic rings. The summed E-state index contributed by atoms with van der Waals surface area (Å²) in [5.74, 6) is 1.05. The monoisotopic (exact) mass is 357 g/mol. The molecule has 0 aliphatic heterocycles. The molecule has 0 unspecified atom stereocenters. The number of hydrogen-bond donors (Lipinski definition) is 0. The number of carbonyl (C=O) groups excluding carboxylic acids is 1. The van der Waals surface area contributed by atoms with E-state index in [1.165, 1.54) is 0 Å². The van der Waals surface area contributed by atoms with Gasteiger partial charge in [-0.1, -0.05) is 5.16 Å². The van der Waals surface area contributed by atoms with Crippen LogP contribution in [0.5, 0.6) is 0 Å². The fourth-order valence-electron chi connectivity index (χ4n) is 3.72. The average Bonchev–Trinajstić information content (AvgIpc) is 3.14. The number of esters is 1. The van der Waals surface area contributed by atoms with Crippen molar-refractivity contribution >= 4 is 21.9 Å². The van der Waals surface area contributed by atoms with Crippen molar-refractivity contribution in [3.63, 3.8) is 0 Å². The number of aromatic nitrogens is 1. The fourth-order valence-corrected chi connectivity index (χ4v) is 4.11. The van der Waals surface area contributed by atoms with Crippen molar-refractivity contribution in [1.29, 1.82) is 0 Å². The quantitative estimate of drug-likeness (QED) is 0.767. The maximum Gasteiger partial charge on any atom is 0.309 e. The summed E-state index contributed by atoms with van der Waals surface area (Å²) in [6.45, 7) is 0.212. The molecule has 21 heavy (non-hydrogen) atoms. The molecular formula is C15H17BrFNO3. The number of halogens is 2. The van der Waals surface area contributed by atoms with Crippen LogP contribution in [0.3, 0.4) is 0 Å². The first-order chi connectivity index (χ1) is 10.1. The predicted molar refractivity (Wildman–Crippen MR) is 75.3 cm³/mol. The van der Waals surface area contributed by atoms with Crippen LogP contribution in [0.25, 0.3) is 0 Å². The van der Waals surface area contributed by atoms with E-state index in [2.05, 4.69) is 21.1 Å². The van der Waals surface area contributed by atoms with E-state index < -0.39 is 6.17 Å².